The Hall–Kier alpha value is -2.04. The predicted octanol–water partition coefficient (Wildman–Crippen LogP) is 3.12. The van der Waals surface area contributed by atoms with Crippen LogP contribution >= 0.6 is 0 Å². The molecule has 5 nitrogen and oxygen atoms in total. The molecule has 18 heavy (non-hydrogen) atoms. The van der Waals surface area contributed by atoms with Crippen molar-refractivity contribution in [2.45, 2.75) is 26.4 Å². The number of methoxy groups -OCH3 is 1. The smallest absolute Gasteiger partial charge is 0.235 e. The van der Waals surface area contributed by atoms with Gasteiger partial charge >= 0.3 is 0 Å². The molecule has 1 aromatic rings. The molecule has 0 aliphatic carbocycles. The van der Waals surface area contributed by atoms with Crippen molar-refractivity contribution in [3.8, 4) is 11.5 Å². The van der Waals surface area contributed by atoms with Crippen LogP contribution in [0.25, 0.3) is 6.08 Å². The van der Waals surface area contributed by atoms with E-state index in [1.165, 1.54) is 13.2 Å². The lowest BCUT2D eigenvalue weighted by molar-refractivity contribution is -0.400. The molecule has 1 rings (SSSR count). The SMILES string of the molecule is COc1cc(/C=C/[N+](=O)[O-])ccc1OC(C)(C)C. The second-order valence-corrected chi connectivity index (χ2v) is 4.73. The highest BCUT2D eigenvalue weighted by Crippen LogP contribution is 2.31. The summed E-state index contributed by atoms with van der Waals surface area (Å²) >= 11 is 0. The number of rotatable bonds is 4. The summed E-state index contributed by atoms with van der Waals surface area (Å²) in [5.74, 6) is 1.17. The van der Waals surface area contributed by atoms with Gasteiger partial charge in [-0.2, -0.15) is 0 Å². The van der Waals surface area contributed by atoms with Crippen LogP contribution in [0.5, 0.6) is 11.5 Å². The maximum Gasteiger partial charge on any atom is 0.235 e. The van der Waals surface area contributed by atoms with Crippen LogP contribution in [0, 0.1) is 10.1 Å². The molecule has 98 valence electrons. The first-order chi connectivity index (χ1) is 8.31. The van der Waals surface area contributed by atoms with Crippen LogP contribution in [-0.2, 0) is 0 Å². The van der Waals surface area contributed by atoms with Crippen LogP contribution in [0.1, 0.15) is 26.3 Å². The van der Waals surface area contributed by atoms with Gasteiger partial charge in [-0.1, -0.05) is 6.07 Å². The highest BCUT2D eigenvalue weighted by Gasteiger charge is 2.15. The van der Waals surface area contributed by atoms with Crippen molar-refractivity contribution < 1.29 is 14.4 Å². The van der Waals surface area contributed by atoms with E-state index in [1.54, 1.807) is 18.2 Å². The lowest BCUT2D eigenvalue weighted by Gasteiger charge is -2.22. The molecule has 0 aliphatic heterocycles. The Morgan fingerprint density at radius 3 is 2.44 bits per heavy atom. The van der Waals surface area contributed by atoms with E-state index in [0.29, 0.717) is 17.1 Å². The summed E-state index contributed by atoms with van der Waals surface area (Å²) in [6, 6.07) is 5.17. The van der Waals surface area contributed by atoms with Crippen molar-refractivity contribution in [3.05, 3.63) is 40.1 Å². The Kier molecular flexibility index (Phi) is 4.31. The molecule has 0 fully saturated rings. The monoisotopic (exact) mass is 251 g/mol. The Balaban J connectivity index is 3.00. The molecule has 0 spiro atoms. The number of hydrogen-bond acceptors (Lipinski definition) is 4. The molecule has 1 aromatic carbocycles. The summed E-state index contributed by atoms with van der Waals surface area (Å²) < 4.78 is 10.9. The molecule has 0 heterocycles. The van der Waals surface area contributed by atoms with Crippen molar-refractivity contribution >= 4 is 6.08 Å². The number of nitro groups is 1. The molecule has 0 N–H and O–H groups in total. The largest absolute Gasteiger partial charge is 0.493 e. The maximum atomic E-state index is 10.2. The van der Waals surface area contributed by atoms with Crippen molar-refractivity contribution in [1.29, 1.82) is 0 Å². The summed E-state index contributed by atoms with van der Waals surface area (Å²) in [4.78, 5) is 9.74. The van der Waals surface area contributed by atoms with Crippen molar-refractivity contribution in [3.63, 3.8) is 0 Å². The zero-order valence-corrected chi connectivity index (χ0v) is 11.0. The van der Waals surface area contributed by atoms with E-state index in [4.69, 9.17) is 9.47 Å². The van der Waals surface area contributed by atoms with Crippen LogP contribution in [0.4, 0.5) is 0 Å². The minimum absolute atomic E-state index is 0.328. The van der Waals surface area contributed by atoms with Gasteiger partial charge in [0.05, 0.1) is 12.0 Å². The fourth-order valence-corrected chi connectivity index (χ4v) is 1.35. The topological polar surface area (TPSA) is 61.6 Å². The van der Waals surface area contributed by atoms with Crippen LogP contribution in [0.2, 0.25) is 0 Å². The average molecular weight is 251 g/mol. The summed E-state index contributed by atoms with van der Waals surface area (Å²) in [6.07, 6.45) is 2.29. The molecule has 0 bridgehead atoms. The van der Waals surface area contributed by atoms with Crippen molar-refractivity contribution in [2.75, 3.05) is 7.11 Å². The third kappa shape index (κ3) is 4.45. The molecular weight excluding hydrogens is 234 g/mol. The fraction of sp³-hybridized carbons (Fsp3) is 0.385. The van der Waals surface area contributed by atoms with Gasteiger partial charge in [0, 0.05) is 6.08 Å². The second kappa shape index (κ2) is 5.53. The molecule has 0 atom stereocenters. The van der Waals surface area contributed by atoms with Gasteiger partial charge in [0.25, 0.3) is 0 Å². The van der Waals surface area contributed by atoms with Gasteiger partial charge in [-0.25, -0.2) is 0 Å². The van der Waals surface area contributed by atoms with Crippen LogP contribution in [0.15, 0.2) is 24.4 Å². The van der Waals surface area contributed by atoms with Crippen molar-refractivity contribution in [1.82, 2.24) is 0 Å². The lowest BCUT2D eigenvalue weighted by atomic mass is 10.1. The molecular formula is C13H17NO4. The van der Waals surface area contributed by atoms with Gasteiger partial charge in [-0.3, -0.25) is 10.1 Å². The predicted molar refractivity (Wildman–Crippen MR) is 69.4 cm³/mol. The molecule has 0 saturated carbocycles. The van der Waals surface area contributed by atoms with Crippen LogP contribution < -0.4 is 9.47 Å². The van der Waals surface area contributed by atoms with Gasteiger partial charge in [0.15, 0.2) is 11.5 Å². The minimum Gasteiger partial charge on any atom is -0.493 e. The van der Waals surface area contributed by atoms with Crippen molar-refractivity contribution in [2.24, 2.45) is 0 Å². The maximum absolute atomic E-state index is 10.2. The van der Waals surface area contributed by atoms with E-state index < -0.39 is 4.92 Å². The fourth-order valence-electron chi connectivity index (χ4n) is 1.35. The van der Waals surface area contributed by atoms with E-state index >= 15 is 0 Å². The van der Waals surface area contributed by atoms with Gasteiger partial charge in [-0.05, 0) is 38.5 Å². The molecule has 0 aromatic heterocycles. The van der Waals surface area contributed by atoms with Crippen LogP contribution in [-0.4, -0.2) is 17.6 Å². The summed E-state index contributed by atoms with van der Waals surface area (Å²) in [6.45, 7) is 5.81. The number of benzene rings is 1. The Morgan fingerprint density at radius 2 is 1.94 bits per heavy atom. The summed E-state index contributed by atoms with van der Waals surface area (Å²) in [5.41, 5.74) is 0.357. The highest BCUT2D eigenvalue weighted by molar-refractivity contribution is 5.55. The Bertz CT molecular complexity index is 461. The number of nitrogens with zero attached hydrogens (tertiary/aromatic N) is 1. The first kappa shape index (κ1) is 14.0. The Labute approximate surface area is 106 Å². The van der Waals surface area contributed by atoms with Gasteiger partial charge in [-0.15, -0.1) is 0 Å². The second-order valence-electron chi connectivity index (χ2n) is 4.73. The highest BCUT2D eigenvalue weighted by atomic mass is 16.6. The third-order valence-corrected chi connectivity index (χ3v) is 1.99. The molecule has 0 aliphatic rings. The number of hydrogen-bond donors (Lipinski definition) is 0. The average Bonchev–Trinajstić information content (AvgIpc) is 2.25. The van der Waals surface area contributed by atoms with E-state index in [1.807, 2.05) is 20.8 Å². The Morgan fingerprint density at radius 1 is 1.28 bits per heavy atom. The van der Waals surface area contributed by atoms with E-state index in [-0.39, 0.29) is 5.60 Å². The minimum atomic E-state index is -0.508. The molecule has 0 radical (unpaired) electrons. The van der Waals surface area contributed by atoms with Gasteiger partial charge < -0.3 is 9.47 Å². The standard InChI is InChI=1S/C13H17NO4/c1-13(2,3)18-11-6-5-10(7-8-14(15)16)9-12(11)17-4/h5-9H,1-4H3/b8-7+. The third-order valence-electron chi connectivity index (χ3n) is 1.99. The van der Waals surface area contributed by atoms with E-state index in [2.05, 4.69) is 0 Å². The van der Waals surface area contributed by atoms with Gasteiger partial charge in [0.2, 0.25) is 6.20 Å². The molecule has 0 saturated heterocycles. The zero-order chi connectivity index (χ0) is 13.8. The van der Waals surface area contributed by atoms with E-state index in [9.17, 15) is 10.1 Å². The molecule has 5 heteroatoms. The first-order valence-corrected chi connectivity index (χ1v) is 5.50. The lowest BCUT2D eigenvalue weighted by Crippen LogP contribution is -2.23. The molecule has 0 amide bonds. The quantitative estimate of drug-likeness (QED) is 0.609. The van der Waals surface area contributed by atoms with Crippen LogP contribution in [0.3, 0.4) is 0 Å². The molecule has 0 unspecified atom stereocenters. The zero-order valence-electron chi connectivity index (χ0n) is 11.0. The van der Waals surface area contributed by atoms with E-state index in [0.717, 1.165) is 6.20 Å². The first-order valence-electron chi connectivity index (χ1n) is 5.50. The van der Waals surface area contributed by atoms with Gasteiger partial charge in [0.1, 0.15) is 5.60 Å². The number of ether oxygens (including phenoxy) is 2. The normalized spacial score (nSPS) is 11.6. The summed E-state index contributed by atoms with van der Waals surface area (Å²) in [5, 5.41) is 10.2. The summed E-state index contributed by atoms with van der Waals surface area (Å²) in [7, 11) is 1.53.